The van der Waals surface area contributed by atoms with E-state index in [0.29, 0.717) is 17.9 Å². The van der Waals surface area contributed by atoms with Crippen LogP contribution in [-0.4, -0.2) is 23.6 Å². The minimum Gasteiger partial charge on any atom is -0.490 e. The molecular formula is C13H13NO3S. The van der Waals surface area contributed by atoms with Gasteiger partial charge in [-0.2, -0.15) is 4.37 Å². The molecule has 0 bridgehead atoms. The number of hydrogen-bond acceptors (Lipinski definition) is 5. The standard InChI is InChI=1S/C13H13NO3S/c1-10-12(9-18-14-10)13(15)17-8-7-16-11-5-3-2-4-6-11/h2-6,9H,7-8H2,1H3. The van der Waals surface area contributed by atoms with E-state index in [9.17, 15) is 4.79 Å². The zero-order chi connectivity index (χ0) is 12.8. The van der Waals surface area contributed by atoms with Crippen LogP contribution in [0.1, 0.15) is 16.1 Å². The number of hydrogen-bond donors (Lipinski definition) is 0. The first-order chi connectivity index (χ1) is 8.77. The van der Waals surface area contributed by atoms with Crippen LogP contribution >= 0.6 is 11.5 Å². The Morgan fingerprint density at radius 2 is 2.06 bits per heavy atom. The molecular weight excluding hydrogens is 250 g/mol. The minimum atomic E-state index is -0.349. The van der Waals surface area contributed by atoms with Crippen LogP contribution in [0.2, 0.25) is 0 Å². The minimum absolute atomic E-state index is 0.225. The quantitative estimate of drug-likeness (QED) is 0.614. The summed E-state index contributed by atoms with van der Waals surface area (Å²) in [5.41, 5.74) is 1.23. The van der Waals surface area contributed by atoms with Crippen LogP contribution in [0.3, 0.4) is 0 Å². The van der Waals surface area contributed by atoms with E-state index in [0.717, 1.165) is 5.75 Å². The molecule has 0 aliphatic rings. The van der Waals surface area contributed by atoms with Gasteiger partial charge in [-0.1, -0.05) is 18.2 Å². The van der Waals surface area contributed by atoms with Crippen LogP contribution in [0.15, 0.2) is 35.7 Å². The maximum Gasteiger partial charge on any atom is 0.341 e. The van der Waals surface area contributed by atoms with Gasteiger partial charge in [0, 0.05) is 5.38 Å². The van der Waals surface area contributed by atoms with E-state index >= 15 is 0 Å². The van der Waals surface area contributed by atoms with E-state index in [4.69, 9.17) is 9.47 Å². The van der Waals surface area contributed by atoms with Crippen molar-refractivity contribution in [3.63, 3.8) is 0 Å². The van der Waals surface area contributed by atoms with Crippen molar-refractivity contribution in [3.8, 4) is 5.75 Å². The lowest BCUT2D eigenvalue weighted by Gasteiger charge is -2.06. The molecule has 0 aliphatic heterocycles. The van der Waals surface area contributed by atoms with E-state index < -0.39 is 0 Å². The van der Waals surface area contributed by atoms with Crippen molar-refractivity contribution in [2.75, 3.05) is 13.2 Å². The number of esters is 1. The van der Waals surface area contributed by atoms with Gasteiger partial charge in [-0.25, -0.2) is 4.79 Å². The van der Waals surface area contributed by atoms with Crippen molar-refractivity contribution >= 4 is 17.5 Å². The molecule has 0 unspecified atom stereocenters. The van der Waals surface area contributed by atoms with Crippen molar-refractivity contribution in [2.24, 2.45) is 0 Å². The second-order valence-corrected chi connectivity index (χ2v) is 4.24. The molecule has 1 heterocycles. The molecule has 0 fully saturated rings. The Kier molecular flexibility index (Phi) is 4.30. The fraction of sp³-hybridized carbons (Fsp3) is 0.231. The number of aromatic nitrogens is 1. The lowest BCUT2D eigenvalue weighted by atomic mass is 10.3. The third-order valence-electron chi connectivity index (χ3n) is 2.30. The van der Waals surface area contributed by atoms with Gasteiger partial charge in [0.2, 0.25) is 0 Å². The van der Waals surface area contributed by atoms with Crippen molar-refractivity contribution in [2.45, 2.75) is 6.92 Å². The highest BCUT2D eigenvalue weighted by atomic mass is 32.1. The summed E-state index contributed by atoms with van der Waals surface area (Å²) >= 11 is 1.25. The van der Waals surface area contributed by atoms with Crippen LogP contribution in [-0.2, 0) is 4.74 Å². The molecule has 18 heavy (non-hydrogen) atoms. The number of para-hydroxylation sites is 1. The van der Waals surface area contributed by atoms with Crippen molar-refractivity contribution < 1.29 is 14.3 Å². The van der Waals surface area contributed by atoms with E-state index in [1.807, 2.05) is 30.3 Å². The highest BCUT2D eigenvalue weighted by Crippen LogP contribution is 2.11. The van der Waals surface area contributed by atoms with Gasteiger partial charge < -0.3 is 9.47 Å². The van der Waals surface area contributed by atoms with Gasteiger partial charge in [-0.15, -0.1) is 0 Å². The smallest absolute Gasteiger partial charge is 0.341 e. The van der Waals surface area contributed by atoms with Gasteiger partial charge in [-0.3, -0.25) is 0 Å². The Bertz CT molecular complexity index is 510. The Labute approximate surface area is 109 Å². The highest BCUT2D eigenvalue weighted by molar-refractivity contribution is 7.03. The van der Waals surface area contributed by atoms with E-state index in [1.54, 1.807) is 12.3 Å². The predicted molar refractivity (Wildman–Crippen MR) is 69.1 cm³/mol. The van der Waals surface area contributed by atoms with E-state index in [2.05, 4.69) is 4.37 Å². The van der Waals surface area contributed by atoms with Gasteiger partial charge in [0.1, 0.15) is 19.0 Å². The van der Waals surface area contributed by atoms with Gasteiger partial charge in [0.05, 0.1) is 11.3 Å². The molecule has 0 aliphatic carbocycles. The molecule has 1 aromatic heterocycles. The van der Waals surface area contributed by atoms with Crippen LogP contribution in [0, 0.1) is 6.92 Å². The molecule has 0 N–H and O–H groups in total. The molecule has 2 rings (SSSR count). The summed E-state index contributed by atoms with van der Waals surface area (Å²) in [5, 5.41) is 1.69. The number of carbonyl (C=O) groups is 1. The number of aryl methyl sites for hydroxylation is 1. The summed E-state index contributed by atoms with van der Waals surface area (Å²) in [6.07, 6.45) is 0. The number of carbonyl (C=O) groups excluding carboxylic acids is 1. The second kappa shape index (κ2) is 6.16. The SMILES string of the molecule is Cc1nscc1C(=O)OCCOc1ccccc1. The second-order valence-electron chi connectivity index (χ2n) is 3.61. The summed E-state index contributed by atoms with van der Waals surface area (Å²) in [5.74, 6) is 0.417. The molecule has 2 aromatic rings. The fourth-order valence-corrected chi connectivity index (χ4v) is 2.06. The van der Waals surface area contributed by atoms with Crippen LogP contribution < -0.4 is 4.74 Å². The lowest BCUT2D eigenvalue weighted by Crippen LogP contribution is -2.12. The normalized spacial score (nSPS) is 10.1. The van der Waals surface area contributed by atoms with Crippen molar-refractivity contribution in [1.29, 1.82) is 0 Å². The Morgan fingerprint density at radius 3 is 2.72 bits per heavy atom. The molecule has 0 amide bonds. The number of rotatable bonds is 5. The third kappa shape index (κ3) is 3.30. The largest absolute Gasteiger partial charge is 0.490 e. The van der Waals surface area contributed by atoms with Gasteiger partial charge in [-0.05, 0) is 30.6 Å². The Balaban J connectivity index is 1.73. The van der Waals surface area contributed by atoms with Crippen LogP contribution in [0.4, 0.5) is 0 Å². The summed E-state index contributed by atoms with van der Waals surface area (Å²) in [6, 6.07) is 9.41. The average molecular weight is 263 g/mol. The van der Waals surface area contributed by atoms with E-state index in [-0.39, 0.29) is 12.6 Å². The zero-order valence-electron chi connectivity index (χ0n) is 9.96. The predicted octanol–water partition coefficient (Wildman–Crippen LogP) is 2.69. The average Bonchev–Trinajstić information content (AvgIpc) is 2.82. The molecule has 94 valence electrons. The molecule has 5 heteroatoms. The Morgan fingerprint density at radius 1 is 1.28 bits per heavy atom. The van der Waals surface area contributed by atoms with Gasteiger partial charge in [0.25, 0.3) is 0 Å². The molecule has 0 saturated heterocycles. The summed E-state index contributed by atoms with van der Waals surface area (Å²) in [7, 11) is 0. The molecule has 0 saturated carbocycles. The zero-order valence-corrected chi connectivity index (χ0v) is 10.8. The molecule has 0 atom stereocenters. The van der Waals surface area contributed by atoms with Crippen molar-refractivity contribution in [1.82, 2.24) is 4.37 Å². The highest BCUT2D eigenvalue weighted by Gasteiger charge is 2.12. The first-order valence-corrected chi connectivity index (χ1v) is 6.37. The van der Waals surface area contributed by atoms with Gasteiger partial charge >= 0.3 is 5.97 Å². The topological polar surface area (TPSA) is 48.4 Å². The summed E-state index contributed by atoms with van der Waals surface area (Å²) in [6.45, 7) is 2.35. The maximum absolute atomic E-state index is 11.6. The molecule has 1 aromatic carbocycles. The third-order valence-corrected chi connectivity index (χ3v) is 3.02. The molecule has 4 nitrogen and oxygen atoms in total. The van der Waals surface area contributed by atoms with Crippen LogP contribution in [0.25, 0.3) is 0 Å². The van der Waals surface area contributed by atoms with Gasteiger partial charge in [0.15, 0.2) is 0 Å². The van der Waals surface area contributed by atoms with Crippen molar-refractivity contribution in [3.05, 3.63) is 47.0 Å². The van der Waals surface area contributed by atoms with E-state index in [1.165, 1.54) is 11.5 Å². The molecule has 0 spiro atoms. The van der Waals surface area contributed by atoms with Crippen LogP contribution in [0.5, 0.6) is 5.75 Å². The maximum atomic E-state index is 11.6. The Hall–Kier alpha value is -1.88. The lowest BCUT2D eigenvalue weighted by molar-refractivity contribution is 0.0450. The first kappa shape index (κ1) is 12.6. The fourth-order valence-electron chi connectivity index (χ4n) is 1.38. The number of ether oxygens (including phenoxy) is 2. The first-order valence-electron chi connectivity index (χ1n) is 5.53. The summed E-state index contributed by atoms with van der Waals surface area (Å²) in [4.78, 5) is 11.6. The monoisotopic (exact) mass is 263 g/mol. The molecule has 0 radical (unpaired) electrons. The number of nitrogens with zero attached hydrogens (tertiary/aromatic N) is 1. The summed E-state index contributed by atoms with van der Waals surface area (Å²) < 4.78 is 14.5. The number of benzene rings is 1.